The summed E-state index contributed by atoms with van der Waals surface area (Å²) in [4.78, 5) is 12.1. The number of rotatable bonds is 3. The van der Waals surface area contributed by atoms with E-state index < -0.39 is 0 Å². The number of aromatic nitrogens is 5. The Morgan fingerprint density at radius 1 is 1.15 bits per heavy atom. The van der Waals surface area contributed by atoms with Gasteiger partial charge in [-0.2, -0.15) is 0 Å². The van der Waals surface area contributed by atoms with Crippen LogP contribution in [0.15, 0.2) is 52.9 Å². The molecule has 0 unspecified atom stereocenters. The molecule has 0 saturated heterocycles. The van der Waals surface area contributed by atoms with Crippen molar-refractivity contribution in [1.82, 2.24) is 24.7 Å². The van der Waals surface area contributed by atoms with Gasteiger partial charge in [-0.3, -0.25) is 0 Å². The lowest BCUT2D eigenvalue weighted by atomic mass is 10.3. The lowest BCUT2D eigenvalue weighted by Crippen LogP contribution is -1.96. The summed E-state index contributed by atoms with van der Waals surface area (Å²) in [6, 6.07) is 11.3. The van der Waals surface area contributed by atoms with Crippen LogP contribution >= 0.6 is 23.4 Å². The van der Waals surface area contributed by atoms with Gasteiger partial charge >= 0.3 is 0 Å². The predicted molar refractivity (Wildman–Crippen MR) is 76.9 cm³/mol. The molecule has 100 valence electrons. The van der Waals surface area contributed by atoms with E-state index in [2.05, 4.69) is 20.1 Å². The Bertz CT molecular complexity index is 710. The van der Waals surface area contributed by atoms with Crippen molar-refractivity contribution in [3.63, 3.8) is 0 Å². The van der Waals surface area contributed by atoms with Gasteiger partial charge in [0.1, 0.15) is 16.5 Å². The highest BCUT2D eigenvalue weighted by atomic mass is 35.5. The van der Waals surface area contributed by atoms with Crippen molar-refractivity contribution in [3.05, 3.63) is 47.9 Å². The Morgan fingerprint density at radius 2 is 1.95 bits per heavy atom. The fourth-order valence-corrected chi connectivity index (χ4v) is 2.54. The first-order valence-corrected chi connectivity index (χ1v) is 6.85. The maximum atomic E-state index is 5.83. The monoisotopic (exact) mass is 304 g/mol. The number of benzene rings is 1. The third kappa shape index (κ3) is 2.89. The molecule has 3 rings (SSSR count). The van der Waals surface area contributed by atoms with Crippen LogP contribution in [-0.4, -0.2) is 24.7 Å². The van der Waals surface area contributed by atoms with Crippen molar-refractivity contribution >= 4 is 29.3 Å². The van der Waals surface area contributed by atoms with Crippen LogP contribution in [0, 0.1) is 0 Å². The van der Waals surface area contributed by atoms with Crippen LogP contribution in [0.1, 0.15) is 0 Å². The van der Waals surface area contributed by atoms with E-state index in [9.17, 15) is 0 Å². The summed E-state index contributed by atoms with van der Waals surface area (Å²) in [5.74, 6) is 0.127. The Kier molecular flexibility index (Phi) is 3.53. The maximum Gasteiger partial charge on any atom is 0.222 e. The van der Waals surface area contributed by atoms with Gasteiger partial charge in [0.15, 0.2) is 0 Å². The molecule has 0 amide bonds. The summed E-state index contributed by atoms with van der Waals surface area (Å²) in [6.07, 6.45) is 1.64. The molecule has 6 nitrogen and oxygen atoms in total. The SMILES string of the molecule is Nc1nc(Cl)cc(Sc2ncn(-c3ccccc3)n2)n1. The van der Waals surface area contributed by atoms with Gasteiger partial charge in [0, 0.05) is 6.07 Å². The molecule has 0 fully saturated rings. The molecule has 0 aliphatic rings. The summed E-state index contributed by atoms with van der Waals surface area (Å²) in [5, 5.41) is 5.82. The quantitative estimate of drug-likeness (QED) is 0.748. The second kappa shape index (κ2) is 5.48. The van der Waals surface area contributed by atoms with Crippen molar-refractivity contribution < 1.29 is 0 Å². The summed E-state index contributed by atoms with van der Waals surface area (Å²) in [7, 11) is 0. The lowest BCUT2D eigenvalue weighted by Gasteiger charge is -1.99. The molecule has 8 heteroatoms. The van der Waals surface area contributed by atoms with E-state index in [0.717, 1.165) is 5.69 Å². The first kappa shape index (κ1) is 12.9. The Hall–Kier alpha value is -2.12. The fourth-order valence-electron chi connectivity index (χ4n) is 1.56. The molecule has 0 aliphatic heterocycles. The second-order valence-electron chi connectivity index (χ2n) is 3.80. The van der Waals surface area contributed by atoms with Crippen molar-refractivity contribution in [2.45, 2.75) is 10.2 Å². The van der Waals surface area contributed by atoms with Gasteiger partial charge in [-0.15, -0.1) is 5.10 Å². The predicted octanol–water partition coefficient (Wildman–Crippen LogP) is 2.44. The van der Waals surface area contributed by atoms with Gasteiger partial charge in [-0.25, -0.2) is 19.6 Å². The summed E-state index contributed by atoms with van der Waals surface area (Å²) < 4.78 is 1.69. The zero-order chi connectivity index (χ0) is 13.9. The minimum absolute atomic E-state index is 0.127. The van der Waals surface area contributed by atoms with Gasteiger partial charge in [-0.05, 0) is 23.9 Å². The highest BCUT2D eigenvalue weighted by Gasteiger charge is 2.08. The van der Waals surface area contributed by atoms with Gasteiger partial charge in [0.2, 0.25) is 11.1 Å². The third-order valence-electron chi connectivity index (χ3n) is 2.38. The minimum atomic E-state index is 0.127. The van der Waals surface area contributed by atoms with E-state index in [0.29, 0.717) is 15.3 Å². The van der Waals surface area contributed by atoms with Gasteiger partial charge < -0.3 is 5.73 Å². The molecule has 0 spiro atoms. The van der Waals surface area contributed by atoms with E-state index in [1.807, 2.05) is 30.3 Å². The number of nitrogens with two attached hydrogens (primary N) is 1. The topological polar surface area (TPSA) is 82.5 Å². The van der Waals surface area contributed by atoms with Crippen LogP contribution in [0.2, 0.25) is 5.15 Å². The zero-order valence-corrected chi connectivity index (χ0v) is 11.7. The molecule has 2 aromatic heterocycles. The number of nitrogens with zero attached hydrogens (tertiary/aromatic N) is 5. The molecule has 0 bridgehead atoms. The van der Waals surface area contributed by atoms with E-state index >= 15 is 0 Å². The van der Waals surface area contributed by atoms with Crippen LogP contribution in [0.25, 0.3) is 5.69 Å². The average molecular weight is 305 g/mol. The van der Waals surface area contributed by atoms with Gasteiger partial charge in [0.05, 0.1) is 5.69 Å². The van der Waals surface area contributed by atoms with Crippen molar-refractivity contribution in [2.24, 2.45) is 0 Å². The van der Waals surface area contributed by atoms with Gasteiger partial charge in [0.25, 0.3) is 0 Å². The molecular weight excluding hydrogens is 296 g/mol. The highest BCUT2D eigenvalue weighted by Crippen LogP contribution is 2.25. The minimum Gasteiger partial charge on any atom is -0.368 e. The molecule has 20 heavy (non-hydrogen) atoms. The van der Waals surface area contributed by atoms with Crippen LogP contribution in [0.5, 0.6) is 0 Å². The second-order valence-corrected chi connectivity index (χ2v) is 5.17. The summed E-state index contributed by atoms with van der Waals surface area (Å²) >= 11 is 7.10. The highest BCUT2D eigenvalue weighted by molar-refractivity contribution is 7.99. The molecule has 2 heterocycles. The number of hydrogen-bond acceptors (Lipinski definition) is 6. The molecule has 0 saturated carbocycles. The maximum absolute atomic E-state index is 5.83. The van der Waals surface area contributed by atoms with Crippen molar-refractivity contribution in [3.8, 4) is 5.69 Å². The van der Waals surface area contributed by atoms with Crippen LogP contribution in [-0.2, 0) is 0 Å². The molecule has 3 aromatic rings. The van der Waals surface area contributed by atoms with Crippen molar-refractivity contribution in [2.75, 3.05) is 5.73 Å². The van der Waals surface area contributed by atoms with Crippen LogP contribution in [0.3, 0.4) is 0 Å². The van der Waals surface area contributed by atoms with E-state index in [1.165, 1.54) is 11.8 Å². The lowest BCUT2D eigenvalue weighted by molar-refractivity contribution is 0.833. The molecular formula is C12H9ClN6S. The molecule has 0 aliphatic carbocycles. The largest absolute Gasteiger partial charge is 0.368 e. The normalized spacial score (nSPS) is 10.7. The number of anilines is 1. The standard InChI is InChI=1S/C12H9ClN6S/c13-9-6-10(17-11(14)16-9)20-12-15-7-19(18-12)8-4-2-1-3-5-8/h1-7H,(H2,14,16,17). The number of hydrogen-bond donors (Lipinski definition) is 1. The van der Waals surface area contributed by atoms with E-state index in [-0.39, 0.29) is 5.95 Å². The number of para-hydroxylation sites is 1. The van der Waals surface area contributed by atoms with Crippen molar-refractivity contribution in [1.29, 1.82) is 0 Å². The molecule has 1 aromatic carbocycles. The average Bonchev–Trinajstić information content (AvgIpc) is 2.87. The molecule has 0 atom stereocenters. The molecule has 0 radical (unpaired) electrons. The number of nitrogen functional groups attached to an aromatic ring is 1. The zero-order valence-electron chi connectivity index (χ0n) is 10.1. The molecule has 2 N–H and O–H groups in total. The van der Waals surface area contributed by atoms with E-state index in [1.54, 1.807) is 17.1 Å². The first-order valence-electron chi connectivity index (χ1n) is 5.66. The number of halogens is 1. The van der Waals surface area contributed by atoms with Crippen LogP contribution < -0.4 is 5.73 Å². The first-order chi connectivity index (χ1) is 9.70. The summed E-state index contributed by atoms with van der Waals surface area (Å²) in [5.41, 5.74) is 6.48. The van der Waals surface area contributed by atoms with E-state index in [4.69, 9.17) is 17.3 Å². The Balaban J connectivity index is 1.84. The Morgan fingerprint density at radius 3 is 2.70 bits per heavy atom. The van der Waals surface area contributed by atoms with Gasteiger partial charge in [-0.1, -0.05) is 29.8 Å². The smallest absolute Gasteiger partial charge is 0.222 e. The fraction of sp³-hybridized carbons (Fsp3) is 0. The Labute approximate surface area is 124 Å². The van der Waals surface area contributed by atoms with Crippen LogP contribution in [0.4, 0.5) is 5.95 Å². The summed E-state index contributed by atoms with van der Waals surface area (Å²) in [6.45, 7) is 0. The third-order valence-corrected chi connectivity index (χ3v) is 3.36.